The zero-order valence-corrected chi connectivity index (χ0v) is 11.1. The van der Waals surface area contributed by atoms with Gasteiger partial charge in [0, 0.05) is 19.1 Å². The van der Waals surface area contributed by atoms with Crippen LogP contribution in [-0.2, 0) is 11.3 Å². The van der Waals surface area contributed by atoms with E-state index in [1.807, 2.05) is 11.8 Å². The minimum atomic E-state index is -0.00534. The molecule has 0 aliphatic heterocycles. The molecular formula is C13H20N2OS. The maximum Gasteiger partial charge on any atom is 0.227 e. The van der Waals surface area contributed by atoms with Crippen molar-refractivity contribution in [1.82, 2.24) is 4.90 Å². The van der Waals surface area contributed by atoms with Gasteiger partial charge in [-0.3, -0.25) is 4.79 Å². The van der Waals surface area contributed by atoms with E-state index in [0.717, 1.165) is 25.8 Å². The molecule has 3 nitrogen and oxygen atoms in total. The summed E-state index contributed by atoms with van der Waals surface area (Å²) in [5.74, 6) is 0.234. The van der Waals surface area contributed by atoms with E-state index in [2.05, 4.69) is 16.8 Å². The molecule has 1 heterocycles. The molecule has 0 aromatic carbocycles. The molecule has 2 rings (SSSR count). The smallest absolute Gasteiger partial charge is 0.227 e. The van der Waals surface area contributed by atoms with E-state index in [4.69, 9.17) is 5.73 Å². The van der Waals surface area contributed by atoms with Crippen molar-refractivity contribution in [3.63, 3.8) is 0 Å². The molecule has 4 heteroatoms. The van der Waals surface area contributed by atoms with E-state index in [9.17, 15) is 4.79 Å². The molecule has 0 spiro atoms. The fourth-order valence-corrected chi connectivity index (χ4v) is 2.69. The number of nitrogens with zero attached hydrogens (tertiary/aromatic N) is 1. The molecule has 17 heavy (non-hydrogen) atoms. The summed E-state index contributed by atoms with van der Waals surface area (Å²) in [7, 11) is 0. The van der Waals surface area contributed by atoms with Gasteiger partial charge >= 0.3 is 0 Å². The first-order valence-electron chi connectivity index (χ1n) is 6.27. The van der Waals surface area contributed by atoms with Crippen LogP contribution in [0.1, 0.15) is 31.7 Å². The summed E-state index contributed by atoms with van der Waals surface area (Å²) in [5.41, 5.74) is 6.91. The second kappa shape index (κ2) is 5.65. The summed E-state index contributed by atoms with van der Waals surface area (Å²) in [4.78, 5) is 14.4. The molecule has 0 bridgehead atoms. The molecule has 1 aliphatic carbocycles. The number of thiophene rings is 1. The van der Waals surface area contributed by atoms with E-state index in [1.54, 1.807) is 11.3 Å². The van der Waals surface area contributed by atoms with E-state index in [0.29, 0.717) is 12.6 Å². The Morgan fingerprint density at radius 2 is 2.41 bits per heavy atom. The molecule has 1 aliphatic rings. The van der Waals surface area contributed by atoms with Crippen LogP contribution in [0.4, 0.5) is 0 Å². The van der Waals surface area contributed by atoms with E-state index in [1.165, 1.54) is 5.56 Å². The van der Waals surface area contributed by atoms with Gasteiger partial charge in [0.25, 0.3) is 0 Å². The monoisotopic (exact) mass is 252 g/mol. The third-order valence-corrected chi connectivity index (χ3v) is 4.06. The Labute approximate surface area is 107 Å². The highest BCUT2D eigenvalue weighted by Crippen LogP contribution is 2.30. The number of carbonyl (C=O) groups is 1. The molecule has 0 radical (unpaired) electrons. The molecular weight excluding hydrogens is 232 g/mol. The van der Waals surface area contributed by atoms with Crippen LogP contribution in [0.5, 0.6) is 0 Å². The van der Waals surface area contributed by atoms with E-state index < -0.39 is 0 Å². The van der Waals surface area contributed by atoms with Crippen LogP contribution >= 0.6 is 11.3 Å². The maximum absolute atomic E-state index is 12.4. The molecule has 0 saturated heterocycles. The number of hydrogen-bond acceptors (Lipinski definition) is 3. The van der Waals surface area contributed by atoms with Crippen LogP contribution in [0.25, 0.3) is 0 Å². The minimum Gasteiger partial charge on any atom is -0.335 e. The topological polar surface area (TPSA) is 46.3 Å². The first kappa shape index (κ1) is 12.6. The van der Waals surface area contributed by atoms with Crippen molar-refractivity contribution < 1.29 is 4.79 Å². The number of carbonyl (C=O) groups excluding carboxylic acids is 1. The van der Waals surface area contributed by atoms with E-state index >= 15 is 0 Å². The molecule has 1 aromatic heterocycles. The fraction of sp³-hybridized carbons (Fsp3) is 0.615. The van der Waals surface area contributed by atoms with Gasteiger partial charge in [0.2, 0.25) is 5.91 Å². The number of nitrogens with two attached hydrogens (primary N) is 1. The van der Waals surface area contributed by atoms with Crippen LogP contribution < -0.4 is 5.73 Å². The van der Waals surface area contributed by atoms with Gasteiger partial charge in [-0.2, -0.15) is 11.3 Å². The SMILES string of the molecule is CCC(CN)C(=O)N(Cc1ccsc1)C1CC1. The maximum atomic E-state index is 12.4. The fourth-order valence-electron chi connectivity index (χ4n) is 2.03. The van der Waals surface area contributed by atoms with Crippen LogP contribution in [-0.4, -0.2) is 23.4 Å². The molecule has 2 N–H and O–H groups in total. The van der Waals surface area contributed by atoms with Gasteiger partial charge in [-0.05, 0) is 41.7 Å². The minimum absolute atomic E-state index is 0.00534. The molecule has 1 unspecified atom stereocenters. The highest BCUT2D eigenvalue weighted by molar-refractivity contribution is 7.07. The lowest BCUT2D eigenvalue weighted by molar-refractivity contribution is -0.136. The Kier molecular flexibility index (Phi) is 4.18. The highest BCUT2D eigenvalue weighted by atomic mass is 32.1. The van der Waals surface area contributed by atoms with Crippen molar-refractivity contribution in [3.05, 3.63) is 22.4 Å². The predicted octanol–water partition coefficient (Wildman–Crippen LogP) is 2.22. The lowest BCUT2D eigenvalue weighted by Crippen LogP contribution is -2.39. The van der Waals surface area contributed by atoms with Crippen LogP contribution in [0.3, 0.4) is 0 Å². The van der Waals surface area contributed by atoms with Crippen molar-refractivity contribution in [3.8, 4) is 0 Å². The first-order valence-corrected chi connectivity index (χ1v) is 7.22. The normalized spacial score (nSPS) is 16.8. The Morgan fingerprint density at radius 1 is 1.65 bits per heavy atom. The second-order valence-corrected chi connectivity index (χ2v) is 5.45. The zero-order chi connectivity index (χ0) is 12.3. The standard InChI is InChI=1S/C13H20N2OS/c1-2-11(7-14)13(16)15(12-3-4-12)8-10-5-6-17-9-10/h5-6,9,11-12H,2-4,7-8,14H2,1H3. The summed E-state index contributed by atoms with van der Waals surface area (Å²) in [5, 5.41) is 4.18. The van der Waals surface area contributed by atoms with Gasteiger partial charge in [-0.25, -0.2) is 0 Å². The predicted molar refractivity (Wildman–Crippen MR) is 70.7 cm³/mol. The van der Waals surface area contributed by atoms with Crippen molar-refractivity contribution in [1.29, 1.82) is 0 Å². The highest BCUT2D eigenvalue weighted by Gasteiger charge is 2.34. The molecule has 94 valence electrons. The average Bonchev–Trinajstić information content (AvgIpc) is 3.05. The largest absolute Gasteiger partial charge is 0.335 e. The van der Waals surface area contributed by atoms with Gasteiger partial charge in [0.1, 0.15) is 0 Å². The number of amides is 1. The first-order chi connectivity index (χ1) is 8.26. The third-order valence-electron chi connectivity index (χ3n) is 3.33. The molecule has 1 fully saturated rings. The van der Waals surface area contributed by atoms with Crippen molar-refractivity contribution in [2.24, 2.45) is 11.7 Å². The summed E-state index contributed by atoms with van der Waals surface area (Å²) < 4.78 is 0. The molecule has 1 aromatic rings. The number of hydrogen-bond donors (Lipinski definition) is 1. The summed E-state index contributed by atoms with van der Waals surface area (Å²) in [6, 6.07) is 2.56. The third kappa shape index (κ3) is 3.07. The van der Waals surface area contributed by atoms with Crippen LogP contribution in [0.15, 0.2) is 16.8 Å². The molecule has 1 saturated carbocycles. The lowest BCUT2D eigenvalue weighted by atomic mass is 10.0. The molecule has 1 amide bonds. The van der Waals surface area contributed by atoms with Gasteiger partial charge < -0.3 is 10.6 Å². The zero-order valence-electron chi connectivity index (χ0n) is 10.3. The number of rotatable bonds is 6. The summed E-state index contributed by atoms with van der Waals surface area (Å²) >= 11 is 1.68. The Morgan fingerprint density at radius 3 is 2.88 bits per heavy atom. The van der Waals surface area contributed by atoms with Crippen molar-refractivity contribution >= 4 is 17.2 Å². The van der Waals surface area contributed by atoms with Gasteiger partial charge in [0.05, 0.1) is 5.92 Å². The van der Waals surface area contributed by atoms with Gasteiger partial charge in [-0.1, -0.05) is 6.92 Å². The van der Waals surface area contributed by atoms with Gasteiger partial charge in [-0.15, -0.1) is 0 Å². The lowest BCUT2D eigenvalue weighted by Gasteiger charge is -2.26. The Hall–Kier alpha value is -0.870. The quantitative estimate of drug-likeness (QED) is 0.844. The van der Waals surface area contributed by atoms with E-state index in [-0.39, 0.29) is 11.8 Å². The average molecular weight is 252 g/mol. The summed E-state index contributed by atoms with van der Waals surface area (Å²) in [6.45, 7) is 3.25. The Bertz CT molecular complexity index is 356. The molecule has 1 atom stereocenters. The van der Waals surface area contributed by atoms with Gasteiger partial charge in [0.15, 0.2) is 0 Å². The van der Waals surface area contributed by atoms with Crippen molar-refractivity contribution in [2.75, 3.05) is 6.54 Å². The Balaban J connectivity index is 2.04. The summed E-state index contributed by atoms with van der Waals surface area (Å²) in [6.07, 6.45) is 3.13. The van der Waals surface area contributed by atoms with Crippen molar-refractivity contribution in [2.45, 2.75) is 38.8 Å². The second-order valence-electron chi connectivity index (χ2n) is 4.67. The van der Waals surface area contributed by atoms with Crippen LogP contribution in [0.2, 0.25) is 0 Å². The van der Waals surface area contributed by atoms with Crippen LogP contribution in [0, 0.1) is 5.92 Å².